The normalized spacial score (nSPS) is 24.4. The Morgan fingerprint density at radius 3 is 2.34 bits per heavy atom. The van der Waals surface area contributed by atoms with Crippen LogP contribution in [-0.2, 0) is 60.6 Å². The average Bonchev–Trinajstić information content (AvgIpc) is 3.81. The van der Waals surface area contributed by atoms with Crippen molar-refractivity contribution in [3.63, 3.8) is 0 Å². The maximum Gasteiger partial charge on any atom is 0.231 e. The fraction of sp³-hybridized carbons (Fsp3) is 0.286. The van der Waals surface area contributed by atoms with Crippen molar-refractivity contribution in [1.29, 1.82) is 0 Å². The van der Waals surface area contributed by atoms with Crippen LogP contribution >= 0.6 is 15.9 Å². The number of rotatable bonds is 9. The van der Waals surface area contributed by atoms with Gasteiger partial charge in [-0.25, -0.2) is 8.60 Å². The lowest BCUT2D eigenvalue weighted by molar-refractivity contribution is -0.131. The van der Waals surface area contributed by atoms with E-state index in [9.17, 15) is 18.6 Å². The quantitative estimate of drug-likeness (QED) is 0.135. The van der Waals surface area contributed by atoms with E-state index >= 15 is 4.39 Å². The van der Waals surface area contributed by atoms with Gasteiger partial charge in [-0.05, 0) is 45.8 Å². The maximum atomic E-state index is 16.2. The topological polar surface area (TPSA) is 135 Å². The number of ketones is 3. The van der Waals surface area contributed by atoms with Crippen molar-refractivity contribution in [2.75, 3.05) is 6.26 Å². The van der Waals surface area contributed by atoms with Gasteiger partial charge in [0, 0.05) is 35.3 Å². The van der Waals surface area contributed by atoms with Gasteiger partial charge in [0.25, 0.3) is 0 Å². The first-order valence-electron chi connectivity index (χ1n) is 15.0. The van der Waals surface area contributed by atoms with Crippen molar-refractivity contribution in [2.24, 2.45) is 17.6 Å². The van der Waals surface area contributed by atoms with Gasteiger partial charge in [0.2, 0.25) is 11.4 Å². The number of halogens is 2. The SMILES string of the molecule is CS(=O)OCc1c(F)c2c(c(OCc3ccccc3)c1Br)C(=O)C1=C3O[C@]34C(=O)C(=C(N)OCc3ccccc3)C(=O)C[C@@H]4CC1C2. The Bertz CT molecular complexity index is 1930. The number of allylic oxidation sites excluding steroid dienone is 1. The Kier molecular flexibility index (Phi) is 8.13. The number of benzene rings is 3. The summed E-state index contributed by atoms with van der Waals surface area (Å²) >= 11 is 1.76. The summed E-state index contributed by atoms with van der Waals surface area (Å²) in [5.41, 5.74) is 6.54. The molecule has 242 valence electrons. The van der Waals surface area contributed by atoms with Crippen LogP contribution < -0.4 is 10.5 Å². The highest BCUT2D eigenvalue weighted by atomic mass is 79.9. The summed E-state index contributed by atoms with van der Waals surface area (Å²) in [6.07, 6.45) is 1.64. The first kappa shape index (κ1) is 31.5. The number of carbonyl (C=O) groups excluding carboxylic acids is 3. The molecule has 0 bridgehead atoms. The third-order valence-electron chi connectivity index (χ3n) is 9.15. The van der Waals surface area contributed by atoms with Crippen LogP contribution in [0, 0.1) is 17.7 Å². The zero-order valence-corrected chi connectivity index (χ0v) is 27.6. The van der Waals surface area contributed by atoms with Crippen molar-refractivity contribution in [1.82, 2.24) is 0 Å². The highest BCUT2D eigenvalue weighted by Crippen LogP contribution is 2.63. The van der Waals surface area contributed by atoms with E-state index in [1.807, 2.05) is 60.7 Å². The summed E-state index contributed by atoms with van der Waals surface area (Å²) in [7, 11) is 0. The van der Waals surface area contributed by atoms with E-state index in [0.29, 0.717) is 0 Å². The summed E-state index contributed by atoms with van der Waals surface area (Å²) in [6.45, 7) is -0.176. The van der Waals surface area contributed by atoms with Crippen LogP contribution in [-0.4, -0.2) is 33.4 Å². The molecule has 2 fully saturated rings. The van der Waals surface area contributed by atoms with Gasteiger partial charge in [-0.3, -0.25) is 18.6 Å². The molecule has 3 aliphatic carbocycles. The number of carbonyl (C=O) groups is 3. The monoisotopic (exact) mass is 721 g/mol. The van der Waals surface area contributed by atoms with Crippen LogP contribution in [0.25, 0.3) is 0 Å². The molecule has 1 spiro atoms. The van der Waals surface area contributed by atoms with E-state index in [-0.39, 0.29) is 88.8 Å². The zero-order chi connectivity index (χ0) is 33.0. The summed E-state index contributed by atoms with van der Waals surface area (Å²) in [5, 5.41) is 0. The van der Waals surface area contributed by atoms with Gasteiger partial charge in [-0.2, -0.15) is 0 Å². The number of hydrogen-bond donors (Lipinski definition) is 1. The Morgan fingerprint density at radius 1 is 1.02 bits per heavy atom. The second-order valence-corrected chi connectivity index (χ2v) is 13.8. The van der Waals surface area contributed by atoms with E-state index in [2.05, 4.69) is 15.9 Å². The molecule has 2 unspecified atom stereocenters. The Morgan fingerprint density at radius 2 is 1.68 bits per heavy atom. The summed E-state index contributed by atoms with van der Waals surface area (Å²) in [6, 6.07) is 18.5. The first-order chi connectivity index (χ1) is 22.6. The third kappa shape index (κ3) is 5.32. The van der Waals surface area contributed by atoms with Gasteiger partial charge in [-0.15, -0.1) is 0 Å². The summed E-state index contributed by atoms with van der Waals surface area (Å²) < 4.78 is 51.3. The van der Waals surface area contributed by atoms with Crippen LogP contribution in [0.5, 0.6) is 5.75 Å². The fourth-order valence-corrected chi connectivity index (χ4v) is 7.81. The Balaban J connectivity index is 1.27. The number of epoxide rings is 1. The number of Topliss-reactive ketones (excluding diaryl/α,β-unsaturated/α-hetero) is 3. The van der Waals surface area contributed by atoms with Gasteiger partial charge in [0.15, 0.2) is 34.3 Å². The van der Waals surface area contributed by atoms with Gasteiger partial charge >= 0.3 is 0 Å². The molecular weight excluding hydrogens is 693 g/mol. The second-order valence-electron chi connectivity index (χ2n) is 11.9. The molecule has 0 aromatic heterocycles. The molecule has 1 aliphatic heterocycles. The third-order valence-corrected chi connectivity index (χ3v) is 10.4. The zero-order valence-electron chi connectivity index (χ0n) is 25.2. The molecule has 47 heavy (non-hydrogen) atoms. The minimum absolute atomic E-state index is 0.0235. The maximum absolute atomic E-state index is 16.2. The van der Waals surface area contributed by atoms with Crippen LogP contribution in [0.4, 0.5) is 4.39 Å². The van der Waals surface area contributed by atoms with Crippen molar-refractivity contribution >= 4 is 44.4 Å². The van der Waals surface area contributed by atoms with Gasteiger partial charge in [0.1, 0.15) is 30.4 Å². The average molecular weight is 723 g/mol. The van der Waals surface area contributed by atoms with E-state index in [4.69, 9.17) is 24.1 Å². The van der Waals surface area contributed by atoms with Crippen LogP contribution in [0.1, 0.15) is 45.5 Å². The van der Waals surface area contributed by atoms with Crippen molar-refractivity contribution in [2.45, 2.75) is 44.7 Å². The van der Waals surface area contributed by atoms with Crippen molar-refractivity contribution in [3.8, 4) is 5.75 Å². The minimum Gasteiger partial charge on any atom is -0.487 e. The predicted octanol–water partition coefficient (Wildman–Crippen LogP) is 5.30. The molecule has 0 amide bonds. The van der Waals surface area contributed by atoms with Crippen LogP contribution in [0.15, 0.2) is 87.9 Å². The lowest BCUT2D eigenvalue weighted by Crippen LogP contribution is -2.48. The molecule has 3 aromatic carbocycles. The summed E-state index contributed by atoms with van der Waals surface area (Å²) in [5.74, 6) is -3.31. The molecule has 4 atom stereocenters. The smallest absolute Gasteiger partial charge is 0.231 e. The largest absolute Gasteiger partial charge is 0.487 e. The number of nitrogens with two attached hydrogens (primary N) is 1. The van der Waals surface area contributed by atoms with Crippen LogP contribution in [0.3, 0.4) is 0 Å². The van der Waals surface area contributed by atoms with E-state index in [1.54, 1.807) is 0 Å². The molecule has 0 radical (unpaired) electrons. The molecule has 2 N–H and O–H groups in total. The minimum atomic E-state index is -1.67. The van der Waals surface area contributed by atoms with E-state index < -0.39 is 51.7 Å². The fourth-order valence-electron chi connectivity index (χ4n) is 6.92. The van der Waals surface area contributed by atoms with Gasteiger partial charge in [-0.1, -0.05) is 60.7 Å². The molecule has 3 aromatic rings. The van der Waals surface area contributed by atoms with Crippen molar-refractivity contribution in [3.05, 3.63) is 122 Å². The molecule has 9 nitrogen and oxygen atoms in total. The van der Waals surface area contributed by atoms with Crippen molar-refractivity contribution < 1.29 is 41.4 Å². The highest BCUT2D eigenvalue weighted by Gasteiger charge is 2.73. The predicted molar refractivity (Wildman–Crippen MR) is 171 cm³/mol. The standard InChI is InChI=1S/C35H29BrFNO8S/c1-47(42)45-17-23-28(36)31(43-15-18-8-4-2-5-9-18)26-22(29(23)37)13-20-12-21-14-24(39)27(34(38)44-16-19-10-6-3-7-11-19)32(41)35(21)33(46-35)25(20)30(26)40/h2-11,20-21H,12-17,38H2,1H3/t20?,21-,35+,47?/m0/s1. The number of fused-ring (bicyclic) bond motifs is 2. The molecule has 1 saturated carbocycles. The van der Waals surface area contributed by atoms with Gasteiger partial charge < -0.3 is 19.9 Å². The highest BCUT2D eigenvalue weighted by molar-refractivity contribution is 9.10. The van der Waals surface area contributed by atoms with E-state index in [0.717, 1.165) is 11.1 Å². The first-order valence-corrected chi connectivity index (χ1v) is 17.3. The van der Waals surface area contributed by atoms with Crippen LogP contribution in [0.2, 0.25) is 0 Å². The second kappa shape index (κ2) is 12.1. The molecular formula is C35H29BrFNO8S. The number of ether oxygens (including phenoxy) is 3. The molecule has 7 rings (SSSR count). The Labute approximate surface area is 280 Å². The summed E-state index contributed by atoms with van der Waals surface area (Å²) in [4.78, 5) is 41.7. The molecule has 1 saturated heterocycles. The lowest BCUT2D eigenvalue weighted by atomic mass is 9.62. The lowest BCUT2D eigenvalue weighted by Gasteiger charge is -2.36. The molecule has 12 heteroatoms. The molecule has 4 aliphatic rings. The molecule has 1 heterocycles. The Hall–Kier alpha value is -4.13. The van der Waals surface area contributed by atoms with Gasteiger partial charge in [0.05, 0.1) is 16.6 Å². The van der Waals surface area contributed by atoms with E-state index in [1.165, 1.54) is 6.26 Å². The number of hydrogen-bond acceptors (Lipinski definition) is 9.